The van der Waals surface area contributed by atoms with Gasteiger partial charge in [-0.15, -0.1) is 0 Å². The lowest BCUT2D eigenvalue weighted by molar-refractivity contribution is 0.0698. The Morgan fingerprint density at radius 2 is 1.68 bits per heavy atom. The number of fused-ring (bicyclic) bond motifs is 4. The summed E-state index contributed by atoms with van der Waals surface area (Å²) in [5.41, 5.74) is 8.48. The first-order chi connectivity index (χ1) is 23.8. The predicted octanol–water partition coefficient (Wildman–Crippen LogP) is 8.40. The molecule has 3 aromatic heterocycles. The molecule has 0 unspecified atom stereocenters. The fourth-order valence-corrected chi connectivity index (χ4v) is 7.96. The molecule has 12 heteroatoms. The molecular formula is C38H38Cl2N6O4. The van der Waals surface area contributed by atoms with Crippen LogP contribution in [0.25, 0.3) is 32.9 Å². The van der Waals surface area contributed by atoms with E-state index in [0.717, 1.165) is 60.9 Å². The standard InChI is InChI=1S/C38H38Cl2N6O4/c1-19-16-24(17-20(2)32(19)40)50-15-9-12-25-26-13-14-29(39)31(30-22(4)41-43(6)23(30)5)34(26)46-21(3)18-45(37(47)35(25)46)36-27-10-8-11-28(38(48)49)33(27)44(7)42-36/h8,10-11,13-14,16-17,21H,9,12,15,18H2,1-7H3,(H,48,49)/t21-/m1/s1. The fourth-order valence-electron chi connectivity index (χ4n) is 7.60. The number of benzene rings is 3. The molecule has 1 N–H and O–H groups in total. The van der Waals surface area contributed by atoms with Crippen molar-refractivity contribution in [3.8, 4) is 16.9 Å². The maximum absolute atomic E-state index is 14.9. The van der Waals surface area contributed by atoms with Crippen LogP contribution < -0.4 is 9.64 Å². The molecule has 6 aromatic rings. The minimum absolute atomic E-state index is 0.128. The molecule has 0 fully saturated rings. The van der Waals surface area contributed by atoms with Gasteiger partial charge in [-0.1, -0.05) is 35.3 Å². The smallest absolute Gasteiger partial charge is 0.337 e. The van der Waals surface area contributed by atoms with Crippen LogP contribution in [0.2, 0.25) is 10.0 Å². The maximum Gasteiger partial charge on any atom is 0.337 e. The molecule has 1 atom stereocenters. The highest BCUT2D eigenvalue weighted by molar-refractivity contribution is 6.35. The van der Waals surface area contributed by atoms with Crippen molar-refractivity contribution in [1.29, 1.82) is 0 Å². The quantitative estimate of drug-likeness (QED) is 0.159. The maximum atomic E-state index is 14.9. The first-order valence-corrected chi connectivity index (χ1v) is 17.3. The Kier molecular flexibility index (Phi) is 8.43. The summed E-state index contributed by atoms with van der Waals surface area (Å²) in [6.45, 7) is 10.8. The van der Waals surface area contributed by atoms with E-state index in [4.69, 9.17) is 38.1 Å². The molecule has 3 aromatic carbocycles. The summed E-state index contributed by atoms with van der Waals surface area (Å²) in [4.78, 5) is 28.7. The van der Waals surface area contributed by atoms with Gasteiger partial charge in [0.25, 0.3) is 5.91 Å². The van der Waals surface area contributed by atoms with Gasteiger partial charge < -0.3 is 14.4 Å². The second-order valence-corrected chi connectivity index (χ2v) is 14.0. The van der Waals surface area contributed by atoms with Gasteiger partial charge in [0.15, 0.2) is 5.82 Å². The Balaban J connectivity index is 1.38. The van der Waals surface area contributed by atoms with E-state index in [2.05, 4.69) is 11.5 Å². The van der Waals surface area contributed by atoms with Crippen molar-refractivity contribution < 1.29 is 19.4 Å². The number of ether oxygens (including phenoxy) is 1. The summed E-state index contributed by atoms with van der Waals surface area (Å²) in [7, 11) is 3.62. The zero-order valence-corrected chi connectivity index (χ0v) is 30.6. The van der Waals surface area contributed by atoms with Gasteiger partial charge in [-0.25, -0.2) is 4.79 Å². The third-order valence-corrected chi connectivity index (χ3v) is 10.8. The van der Waals surface area contributed by atoms with E-state index in [1.165, 1.54) is 0 Å². The molecule has 10 nitrogen and oxygen atoms in total. The van der Waals surface area contributed by atoms with Crippen LogP contribution in [0, 0.1) is 27.7 Å². The summed E-state index contributed by atoms with van der Waals surface area (Å²) in [5.74, 6) is -0.0774. The van der Waals surface area contributed by atoms with Crippen LogP contribution in [-0.4, -0.2) is 54.3 Å². The summed E-state index contributed by atoms with van der Waals surface area (Å²) in [6.07, 6.45) is 1.21. The van der Waals surface area contributed by atoms with Crippen molar-refractivity contribution in [1.82, 2.24) is 24.1 Å². The fraction of sp³-hybridized carbons (Fsp3) is 0.316. The van der Waals surface area contributed by atoms with E-state index < -0.39 is 5.97 Å². The molecule has 0 bridgehead atoms. The molecule has 4 heterocycles. The van der Waals surface area contributed by atoms with Crippen molar-refractivity contribution in [3.63, 3.8) is 0 Å². The highest BCUT2D eigenvalue weighted by Gasteiger charge is 2.38. The molecule has 50 heavy (non-hydrogen) atoms. The van der Waals surface area contributed by atoms with Gasteiger partial charge in [-0.2, -0.15) is 10.2 Å². The first kappa shape index (κ1) is 33.7. The van der Waals surface area contributed by atoms with Crippen LogP contribution in [0.5, 0.6) is 5.75 Å². The van der Waals surface area contributed by atoms with Crippen LogP contribution in [0.3, 0.4) is 0 Å². The number of carbonyl (C=O) groups excluding carboxylic acids is 1. The van der Waals surface area contributed by atoms with Gasteiger partial charge in [0.1, 0.15) is 11.4 Å². The average molecular weight is 714 g/mol. The van der Waals surface area contributed by atoms with E-state index in [0.29, 0.717) is 53.4 Å². The SMILES string of the molecule is Cc1cc(OCCCc2c3n(c4c(-c5c(C)nn(C)c5C)c(Cl)ccc24)[C@H](C)CN(c2nn(C)c4c(C(=O)O)cccc24)C3=O)cc(C)c1Cl. The van der Waals surface area contributed by atoms with Crippen LogP contribution in [0.4, 0.5) is 5.82 Å². The second-order valence-electron chi connectivity index (χ2n) is 13.2. The first-order valence-electron chi connectivity index (χ1n) is 16.6. The number of aromatic nitrogens is 5. The van der Waals surface area contributed by atoms with E-state index >= 15 is 0 Å². The minimum atomic E-state index is -1.05. The highest BCUT2D eigenvalue weighted by atomic mass is 35.5. The summed E-state index contributed by atoms with van der Waals surface area (Å²) in [6, 6.07) is 12.7. The highest BCUT2D eigenvalue weighted by Crippen LogP contribution is 2.45. The number of carboxylic acids is 1. The largest absolute Gasteiger partial charge is 0.494 e. The number of para-hydroxylation sites is 1. The number of halogens is 2. The van der Waals surface area contributed by atoms with E-state index in [9.17, 15) is 14.7 Å². The number of carbonyl (C=O) groups is 2. The Labute approximate surface area is 299 Å². The molecule has 0 spiro atoms. The van der Waals surface area contributed by atoms with Gasteiger partial charge in [-0.3, -0.25) is 19.1 Å². The third kappa shape index (κ3) is 5.24. The van der Waals surface area contributed by atoms with Crippen LogP contribution in [-0.2, 0) is 20.5 Å². The molecule has 0 aliphatic carbocycles. The Morgan fingerprint density at radius 1 is 0.960 bits per heavy atom. The number of aromatic carboxylic acids is 1. The number of aryl methyl sites for hydroxylation is 6. The Morgan fingerprint density at radius 3 is 2.34 bits per heavy atom. The van der Waals surface area contributed by atoms with Crippen molar-refractivity contribution in [2.75, 3.05) is 18.1 Å². The third-order valence-electron chi connectivity index (χ3n) is 9.90. The number of nitrogens with zero attached hydrogens (tertiary/aromatic N) is 6. The van der Waals surface area contributed by atoms with E-state index in [-0.39, 0.29) is 17.5 Å². The summed E-state index contributed by atoms with van der Waals surface area (Å²) >= 11 is 13.4. The Bertz CT molecular complexity index is 2360. The average Bonchev–Trinajstić information content (AvgIpc) is 3.68. The van der Waals surface area contributed by atoms with Gasteiger partial charge in [0, 0.05) is 59.3 Å². The zero-order valence-electron chi connectivity index (χ0n) is 29.1. The molecule has 1 aliphatic heterocycles. The summed E-state index contributed by atoms with van der Waals surface area (Å²) in [5, 5.41) is 22.2. The lowest BCUT2D eigenvalue weighted by atomic mass is 9.98. The predicted molar refractivity (Wildman–Crippen MR) is 197 cm³/mol. The number of amides is 1. The van der Waals surface area contributed by atoms with Gasteiger partial charge in [0.2, 0.25) is 0 Å². The van der Waals surface area contributed by atoms with Crippen molar-refractivity contribution in [3.05, 3.63) is 91.8 Å². The summed E-state index contributed by atoms with van der Waals surface area (Å²) < 4.78 is 11.7. The topological polar surface area (TPSA) is 107 Å². The number of hydrogen-bond donors (Lipinski definition) is 1. The molecule has 0 saturated carbocycles. The normalized spacial score (nSPS) is 14.6. The molecular weight excluding hydrogens is 675 g/mol. The monoisotopic (exact) mass is 712 g/mol. The van der Waals surface area contributed by atoms with E-state index in [1.807, 2.05) is 69.8 Å². The number of hydrogen-bond acceptors (Lipinski definition) is 5. The number of anilines is 1. The molecule has 1 amide bonds. The zero-order chi connectivity index (χ0) is 35.8. The van der Waals surface area contributed by atoms with Crippen LogP contribution in [0.15, 0.2) is 42.5 Å². The second kappa shape index (κ2) is 12.5. The van der Waals surface area contributed by atoms with Gasteiger partial charge in [0.05, 0.1) is 33.9 Å². The van der Waals surface area contributed by atoms with Gasteiger partial charge >= 0.3 is 5.97 Å². The number of carboxylic acid groups (broad SMARTS) is 1. The van der Waals surface area contributed by atoms with Crippen LogP contribution >= 0.6 is 23.2 Å². The molecule has 0 saturated heterocycles. The van der Waals surface area contributed by atoms with Gasteiger partial charge in [-0.05, 0) is 94.5 Å². The molecule has 258 valence electrons. The Hall–Kier alpha value is -4.80. The minimum Gasteiger partial charge on any atom is -0.494 e. The molecule has 1 aliphatic rings. The van der Waals surface area contributed by atoms with Crippen molar-refractivity contribution in [2.24, 2.45) is 14.1 Å². The molecule has 0 radical (unpaired) electrons. The lowest BCUT2D eigenvalue weighted by Gasteiger charge is -2.33. The molecule has 7 rings (SSSR count). The lowest BCUT2D eigenvalue weighted by Crippen LogP contribution is -2.43. The van der Waals surface area contributed by atoms with Crippen molar-refractivity contribution >= 4 is 62.7 Å². The van der Waals surface area contributed by atoms with Crippen LogP contribution in [0.1, 0.15) is 68.3 Å². The van der Waals surface area contributed by atoms with Crippen molar-refractivity contribution in [2.45, 2.75) is 53.5 Å². The van der Waals surface area contributed by atoms with E-state index in [1.54, 1.807) is 28.8 Å². The number of rotatable bonds is 8.